The summed E-state index contributed by atoms with van der Waals surface area (Å²) in [6.07, 6.45) is 0.206. The van der Waals surface area contributed by atoms with Crippen molar-refractivity contribution in [1.82, 2.24) is 5.32 Å². The van der Waals surface area contributed by atoms with Crippen LogP contribution >= 0.6 is 0 Å². The largest absolute Gasteiger partial charge is 0.508 e. The molecule has 0 fully saturated rings. The molecule has 0 aliphatic carbocycles. The van der Waals surface area contributed by atoms with Crippen molar-refractivity contribution in [2.75, 3.05) is 26.8 Å². The first-order valence-corrected chi connectivity index (χ1v) is 8.19. The zero-order valence-corrected chi connectivity index (χ0v) is 14.3. The summed E-state index contributed by atoms with van der Waals surface area (Å²) in [5, 5.41) is 31.7. The topological polar surface area (TPSA) is 91.2 Å². The summed E-state index contributed by atoms with van der Waals surface area (Å²) < 4.78 is 10.6. The van der Waals surface area contributed by atoms with Crippen LogP contribution in [0, 0.1) is 0 Å². The number of aliphatic hydroxyl groups is 2. The molecule has 0 heterocycles. The Morgan fingerprint density at radius 3 is 2.48 bits per heavy atom. The smallest absolute Gasteiger partial charge is 0.121 e. The summed E-state index contributed by atoms with van der Waals surface area (Å²) in [6, 6.07) is 12.5. The molecule has 2 aromatic rings. The molecule has 0 unspecified atom stereocenters. The maximum absolute atomic E-state index is 9.95. The predicted molar refractivity (Wildman–Crippen MR) is 95.1 cm³/mol. The third-order valence-electron chi connectivity index (χ3n) is 3.79. The third-order valence-corrected chi connectivity index (χ3v) is 3.79. The average molecular weight is 347 g/mol. The molecule has 2 rings (SSSR count). The molecular weight excluding hydrogens is 322 g/mol. The molecule has 2 aromatic carbocycles. The van der Waals surface area contributed by atoms with Crippen molar-refractivity contribution >= 4 is 0 Å². The molecule has 1 atom stereocenters. The number of phenols is 1. The molecule has 0 aliphatic rings. The van der Waals surface area contributed by atoms with E-state index in [1.54, 1.807) is 19.2 Å². The zero-order valence-electron chi connectivity index (χ0n) is 14.3. The molecule has 4 N–H and O–H groups in total. The number of nitrogens with one attached hydrogen (secondary N) is 1. The fourth-order valence-corrected chi connectivity index (χ4v) is 2.32. The number of methoxy groups -OCH3 is 1. The highest BCUT2D eigenvalue weighted by molar-refractivity contribution is 5.38. The first kappa shape index (κ1) is 19.1. The van der Waals surface area contributed by atoms with E-state index in [9.17, 15) is 10.2 Å². The van der Waals surface area contributed by atoms with Gasteiger partial charge in [-0.1, -0.05) is 12.1 Å². The van der Waals surface area contributed by atoms with Crippen LogP contribution in [0.2, 0.25) is 0 Å². The summed E-state index contributed by atoms with van der Waals surface area (Å²) in [5.74, 6) is 1.36. The standard InChI is InChI=1S/C19H25NO5/c1-24-17-4-2-14(3-5-17)8-9-20-11-16(22)13-25-18-6-7-19(23)15(10-18)12-21/h2-7,10,16,20-23H,8-9,11-13H2,1H3/t16-/m1/s1. The Balaban J connectivity index is 1.65. The molecule has 0 amide bonds. The van der Waals surface area contributed by atoms with Crippen molar-refractivity contribution in [3.8, 4) is 17.2 Å². The lowest BCUT2D eigenvalue weighted by molar-refractivity contribution is 0.106. The Morgan fingerprint density at radius 1 is 1.08 bits per heavy atom. The van der Waals surface area contributed by atoms with Crippen LogP contribution in [0.5, 0.6) is 17.2 Å². The minimum Gasteiger partial charge on any atom is -0.508 e. The lowest BCUT2D eigenvalue weighted by Gasteiger charge is -2.14. The predicted octanol–water partition coefficient (Wildman–Crippen LogP) is 1.47. The molecule has 0 saturated heterocycles. The maximum atomic E-state index is 9.95. The number of hydrogen-bond donors (Lipinski definition) is 4. The van der Waals surface area contributed by atoms with Crippen molar-refractivity contribution in [3.63, 3.8) is 0 Å². The highest BCUT2D eigenvalue weighted by Gasteiger charge is 2.07. The van der Waals surface area contributed by atoms with Gasteiger partial charge in [0, 0.05) is 12.1 Å². The second-order valence-corrected chi connectivity index (χ2v) is 5.72. The Kier molecular flexibility index (Phi) is 7.53. The lowest BCUT2D eigenvalue weighted by atomic mass is 10.1. The van der Waals surface area contributed by atoms with Gasteiger partial charge in [-0.05, 0) is 48.9 Å². The van der Waals surface area contributed by atoms with Crippen LogP contribution in [0.15, 0.2) is 42.5 Å². The number of aliphatic hydroxyl groups excluding tert-OH is 2. The van der Waals surface area contributed by atoms with Crippen molar-refractivity contribution in [2.45, 2.75) is 19.1 Å². The van der Waals surface area contributed by atoms with Crippen LogP contribution < -0.4 is 14.8 Å². The Morgan fingerprint density at radius 2 is 1.80 bits per heavy atom. The summed E-state index contributed by atoms with van der Waals surface area (Å²) in [6.45, 7) is 1.03. The molecule has 136 valence electrons. The molecule has 0 bridgehead atoms. The van der Waals surface area contributed by atoms with Crippen molar-refractivity contribution in [1.29, 1.82) is 0 Å². The van der Waals surface area contributed by atoms with Gasteiger partial charge in [-0.15, -0.1) is 0 Å². The Hall–Kier alpha value is -2.28. The van der Waals surface area contributed by atoms with E-state index in [2.05, 4.69) is 5.32 Å². The van der Waals surface area contributed by atoms with E-state index in [0.717, 1.165) is 18.7 Å². The van der Waals surface area contributed by atoms with Crippen molar-refractivity contribution < 1.29 is 24.8 Å². The van der Waals surface area contributed by atoms with Crippen LogP contribution in [0.3, 0.4) is 0 Å². The third kappa shape index (κ3) is 6.26. The molecule has 0 aliphatic heterocycles. The van der Waals surface area contributed by atoms with Gasteiger partial charge in [-0.2, -0.15) is 0 Å². The number of ether oxygens (including phenoxy) is 2. The summed E-state index contributed by atoms with van der Waals surface area (Å²) in [5.41, 5.74) is 1.59. The van der Waals surface area contributed by atoms with E-state index in [0.29, 0.717) is 17.9 Å². The van der Waals surface area contributed by atoms with Crippen molar-refractivity contribution in [3.05, 3.63) is 53.6 Å². The molecule has 0 spiro atoms. The molecular formula is C19H25NO5. The second-order valence-electron chi connectivity index (χ2n) is 5.72. The van der Waals surface area contributed by atoms with Crippen LogP contribution in [-0.2, 0) is 13.0 Å². The number of aromatic hydroxyl groups is 1. The van der Waals surface area contributed by atoms with E-state index < -0.39 is 6.10 Å². The molecule has 0 radical (unpaired) electrons. The second kappa shape index (κ2) is 9.88. The molecule has 6 nitrogen and oxygen atoms in total. The molecule has 0 saturated carbocycles. The van der Waals surface area contributed by atoms with E-state index in [4.69, 9.17) is 14.6 Å². The first-order valence-electron chi connectivity index (χ1n) is 8.19. The highest BCUT2D eigenvalue weighted by atomic mass is 16.5. The minimum atomic E-state index is -0.651. The normalized spacial score (nSPS) is 12.0. The van der Waals surface area contributed by atoms with E-state index in [1.165, 1.54) is 11.6 Å². The number of benzene rings is 2. The Bertz CT molecular complexity index is 645. The van der Waals surface area contributed by atoms with Crippen LogP contribution in [0.1, 0.15) is 11.1 Å². The van der Waals surface area contributed by atoms with Gasteiger partial charge in [0.2, 0.25) is 0 Å². The van der Waals surface area contributed by atoms with Crippen LogP contribution in [0.25, 0.3) is 0 Å². The van der Waals surface area contributed by atoms with Gasteiger partial charge < -0.3 is 30.1 Å². The Labute approximate surface area is 147 Å². The van der Waals surface area contributed by atoms with Gasteiger partial charge in [0.25, 0.3) is 0 Å². The molecule has 25 heavy (non-hydrogen) atoms. The summed E-state index contributed by atoms with van der Waals surface area (Å²) in [4.78, 5) is 0. The van der Waals surface area contributed by atoms with E-state index in [-0.39, 0.29) is 19.0 Å². The zero-order chi connectivity index (χ0) is 18.1. The van der Waals surface area contributed by atoms with Crippen LogP contribution in [0.4, 0.5) is 0 Å². The van der Waals surface area contributed by atoms with Gasteiger partial charge in [-0.25, -0.2) is 0 Å². The fourth-order valence-electron chi connectivity index (χ4n) is 2.32. The van der Waals surface area contributed by atoms with E-state index in [1.807, 2.05) is 24.3 Å². The maximum Gasteiger partial charge on any atom is 0.121 e. The summed E-state index contributed by atoms with van der Waals surface area (Å²) >= 11 is 0. The fraction of sp³-hybridized carbons (Fsp3) is 0.368. The minimum absolute atomic E-state index is 0.0237. The number of hydrogen-bond acceptors (Lipinski definition) is 6. The lowest BCUT2D eigenvalue weighted by Crippen LogP contribution is -2.32. The average Bonchev–Trinajstić information content (AvgIpc) is 2.65. The van der Waals surface area contributed by atoms with Gasteiger partial charge in [0.15, 0.2) is 0 Å². The van der Waals surface area contributed by atoms with Crippen molar-refractivity contribution in [2.24, 2.45) is 0 Å². The highest BCUT2D eigenvalue weighted by Crippen LogP contribution is 2.22. The monoisotopic (exact) mass is 347 g/mol. The van der Waals surface area contributed by atoms with Gasteiger partial charge in [-0.3, -0.25) is 0 Å². The molecule has 6 heteroatoms. The van der Waals surface area contributed by atoms with Crippen LogP contribution in [-0.4, -0.2) is 48.2 Å². The quantitative estimate of drug-likeness (QED) is 0.487. The molecule has 0 aromatic heterocycles. The SMILES string of the molecule is COc1ccc(CCNC[C@@H](O)COc2ccc(O)c(CO)c2)cc1. The van der Waals surface area contributed by atoms with Gasteiger partial charge in [0.05, 0.1) is 13.7 Å². The van der Waals surface area contributed by atoms with Gasteiger partial charge >= 0.3 is 0 Å². The van der Waals surface area contributed by atoms with Gasteiger partial charge in [0.1, 0.15) is 30.0 Å². The first-order chi connectivity index (χ1) is 12.1. The number of rotatable bonds is 10. The summed E-state index contributed by atoms with van der Waals surface area (Å²) in [7, 11) is 1.64. The van der Waals surface area contributed by atoms with E-state index >= 15 is 0 Å².